The summed E-state index contributed by atoms with van der Waals surface area (Å²) in [5, 5.41) is 0. The zero-order chi connectivity index (χ0) is 18.3. The fourth-order valence-corrected chi connectivity index (χ4v) is 4.20. The standard InChI is InChI=1S/C17H28N2O5S/c1-22-11-10-19-8-6-14(7-9-19)13-18-25(20,21)17-5-4-15(23-2)12-16(17)24-3/h4-5,12,14,18H,6-11,13H2,1-3H3. The maximum absolute atomic E-state index is 12.6. The minimum absolute atomic E-state index is 0.133. The smallest absolute Gasteiger partial charge is 0.244 e. The average molecular weight is 372 g/mol. The average Bonchev–Trinajstić information content (AvgIpc) is 2.65. The second-order valence-corrected chi connectivity index (χ2v) is 7.88. The molecule has 1 saturated heterocycles. The SMILES string of the molecule is COCCN1CCC(CNS(=O)(=O)c2ccc(OC)cc2OC)CC1. The van der Waals surface area contributed by atoms with Gasteiger partial charge in [0, 0.05) is 26.3 Å². The van der Waals surface area contributed by atoms with Gasteiger partial charge >= 0.3 is 0 Å². The van der Waals surface area contributed by atoms with Crippen molar-refractivity contribution in [1.29, 1.82) is 0 Å². The molecule has 1 aromatic carbocycles. The van der Waals surface area contributed by atoms with Crippen molar-refractivity contribution in [3.8, 4) is 11.5 Å². The van der Waals surface area contributed by atoms with Crippen LogP contribution in [-0.4, -0.2) is 67.4 Å². The van der Waals surface area contributed by atoms with Gasteiger partial charge in [-0.15, -0.1) is 0 Å². The van der Waals surface area contributed by atoms with Crippen molar-refractivity contribution in [2.75, 3.05) is 54.1 Å². The zero-order valence-electron chi connectivity index (χ0n) is 15.2. The molecule has 1 N–H and O–H groups in total. The molecule has 0 amide bonds. The third kappa shape index (κ3) is 5.57. The van der Waals surface area contributed by atoms with Crippen molar-refractivity contribution >= 4 is 10.0 Å². The first-order valence-corrected chi connectivity index (χ1v) is 9.91. The van der Waals surface area contributed by atoms with Gasteiger partial charge in [0.05, 0.1) is 20.8 Å². The highest BCUT2D eigenvalue weighted by molar-refractivity contribution is 7.89. The van der Waals surface area contributed by atoms with Crippen molar-refractivity contribution in [1.82, 2.24) is 9.62 Å². The number of methoxy groups -OCH3 is 3. The fourth-order valence-electron chi connectivity index (χ4n) is 2.94. The van der Waals surface area contributed by atoms with E-state index in [4.69, 9.17) is 14.2 Å². The molecule has 142 valence electrons. The summed E-state index contributed by atoms with van der Waals surface area (Å²) in [4.78, 5) is 2.48. The van der Waals surface area contributed by atoms with Crippen LogP contribution in [0.2, 0.25) is 0 Å². The van der Waals surface area contributed by atoms with Crippen LogP contribution in [-0.2, 0) is 14.8 Å². The summed E-state index contributed by atoms with van der Waals surface area (Å²) in [6, 6.07) is 4.70. The molecule has 0 radical (unpaired) electrons. The highest BCUT2D eigenvalue weighted by Gasteiger charge is 2.24. The van der Waals surface area contributed by atoms with Crippen LogP contribution in [0.1, 0.15) is 12.8 Å². The summed E-state index contributed by atoms with van der Waals surface area (Å²) in [6.45, 7) is 4.05. The van der Waals surface area contributed by atoms with E-state index in [9.17, 15) is 8.42 Å². The number of hydrogen-bond acceptors (Lipinski definition) is 6. The van der Waals surface area contributed by atoms with Crippen molar-refractivity contribution < 1.29 is 22.6 Å². The van der Waals surface area contributed by atoms with E-state index < -0.39 is 10.0 Å². The Balaban J connectivity index is 1.92. The van der Waals surface area contributed by atoms with E-state index in [1.807, 2.05) is 0 Å². The van der Waals surface area contributed by atoms with Crippen LogP contribution in [0.5, 0.6) is 11.5 Å². The first-order valence-electron chi connectivity index (χ1n) is 8.43. The van der Waals surface area contributed by atoms with E-state index in [-0.39, 0.29) is 10.6 Å². The Bertz CT molecular complexity index is 642. The molecule has 0 bridgehead atoms. The van der Waals surface area contributed by atoms with Gasteiger partial charge < -0.3 is 19.1 Å². The Kier molecular flexibility index (Phi) is 7.49. The van der Waals surface area contributed by atoms with Gasteiger partial charge in [0.25, 0.3) is 0 Å². The molecule has 1 aromatic rings. The predicted molar refractivity (Wildman–Crippen MR) is 95.8 cm³/mol. The van der Waals surface area contributed by atoms with Crippen LogP contribution in [0.15, 0.2) is 23.1 Å². The van der Waals surface area contributed by atoms with Crippen molar-refractivity contribution in [2.24, 2.45) is 5.92 Å². The normalized spacial score (nSPS) is 16.8. The van der Waals surface area contributed by atoms with Crippen molar-refractivity contribution in [2.45, 2.75) is 17.7 Å². The van der Waals surface area contributed by atoms with Gasteiger partial charge in [0.1, 0.15) is 16.4 Å². The van der Waals surface area contributed by atoms with Crippen LogP contribution in [0.3, 0.4) is 0 Å². The van der Waals surface area contributed by atoms with E-state index >= 15 is 0 Å². The van der Waals surface area contributed by atoms with Crippen LogP contribution in [0.4, 0.5) is 0 Å². The number of sulfonamides is 1. The summed E-state index contributed by atoms with van der Waals surface area (Å²) in [7, 11) is 1.06. The van der Waals surface area contributed by atoms with E-state index in [2.05, 4.69) is 9.62 Å². The molecule has 0 saturated carbocycles. The molecule has 0 spiro atoms. The molecule has 7 nitrogen and oxygen atoms in total. The lowest BCUT2D eigenvalue weighted by Crippen LogP contribution is -2.39. The lowest BCUT2D eigenvalue weighted by Gasteiger charge is -2.31. The van der Waals surface area contributed by atoms with Crippen LogP contribution in [0, 0.1) is 5.92 Å². The van der Waals surface area contributed by atoms with Gasteiger partial charge in [0.2, 0.25) is 10.0 Å². The fraction of sp³-hybridized carbons (Fsp3) is 0.647. The van der Waals surface area contributed by atoms with E-state index in [1.54, 1.807) is 19.2 Å². The molecular weight excluding hydrogens is 344 g/mol. The van der Waals surface area contributed by atoms with Crippen LogP contribution < -0.4 is 14.2 Å². The number of nitrogens with zero attached hydrogens (tertiary/aromatic N) is 1. The first-order chi connectivity index (χ1) is 12.0. The summed E-state index contributed by atoms with van der Waals surface area (Å²) in [6.07, 6.45) is 1.96. The maximum atomic E-state index is 12.6. The summed E-state index contributed by atoms with van der Waals surface area (Å²) < 4.78 is 43.3. The van der Waals surface area contributed by atoms with Gasteiger partial charge in [0.15, 0.2) is 0 Å². The van der Waals surface area contributed by atoms with E-state index in [1.165, 1.54) is 20.3 Å². The largest absolute Gasteiger partial charge is 0.497 e. The first kappa shape index (κ1) is 20.0. The number of nitrogens with one attached hydrogen (secondary N) is 1. The van der Waals surface area contributed by atoms with E-state index in [0.717, 1.165) is 39.1 Å². The van der Waals surface area contributed by atoms with Crippen LogP contribution in [0.25, 0.3) is 0 Å². The molecule has 1 aliphatic heterocycles. The number of benzene rings is 1. The number of hydrogen-bond donors (Lipinski definition) is 1. The molecule has 1 heterocycles. The second-order valence-electron chi connectivity index (χ2n) is 6.15. The van der Waals surface area contributed by atoms with Gasteiger partial charge in [-0.2, -0.15) is 0 Å². The molecule has 0 atom stereocenters. The number of likely N-dealkylation sites (tertiary alicyclic amines) is 1. The molecule has 25 heavy (non-hydrogen) atoms. The molecule has 1 fully saturated rings. The Morgan fingerprint density at radius 1 is 1.16 bits per heavy atom. The van der Waals surface area contributed by atoms with E-state index in [0.29, 0.717) is 18.2 Å². The Hall–Kier alpha value is -1.35. The monoisotopic (exact) mass is 372 g/mol. The Morgan fingerprint density at radius 3 is 2.48 bits per heavy atom. The maximum Gasteiger partial charge on any atom is 0.244 e. The highest BCUT2D eigenvalue weighted by Crippen LogP contribution is 2.28. The molecule has 0 aliphatic carbocycles. The molecule has 1 aliphatic rings. The summed E-state index contributed by atoms with van der Waals surface area (Å²) in [5.41, 5.74) is 0. The van der Waals surface area contributed by atoms with Crippen molar-refractivity contribution in [3.63, 3.8) is 0 Å². The summed E-state index contributed by atoms with van der Waals surface area (Å²) in [5.74, 6) is 1.18. The molecule has 0 aromatic heterocycles. The third-order valence-corrected chi connectivity index (χ3v) is 6.00. The highest BCUT2D eigenvalue weighted by atomic mass is 32.2. The van der Waals surface area contributed by atoms with Gasteiger partial charge in [-0.3, -0.25) is 0 Å². The Labute approximate surface area is 150 Å². The minimum Gasteiger partial charge on any atom is -0.497 e. The third-order valence-electron chi connectivity index (χ3n) is 4.54. The molecule has 8 heteroatoms. The van der Waals surface area contributed by atoms with Gasteiger partial charge in [-0.1, -0.05) is 0 Å². The minimum atomic E-state index is -3.62. The van der Waals surface area contributed by atoms with Crippen LogP contribution >= 0.6 is 0 Å². The lowest BCUT2D eigenvalue weighted by atomic mass is 9.97. The van der Waals surface area contributed by atoms with Crippen molar-refractivity contribution in [3.05, 3.63) is 18.2 Å². The molecular formula is C17H28N2O5S. The van der Waals surface area contributed by atoms with Gasteiger partial charge in [-0.25, -0.2) is 13.1 Å². The molecule has 0 unspecified atom stereocenters. The zero-order valence-corrected chi connectivity index (χ0v) is 16.0. The second kappa shape index (κ2) is 9.38. The molecule has 2 rings (SSSR count). The predicted octanol–water partition coefficient (Wildman–Crippen LogP) is 1.34. The van der Waals surface area contributed by atoms with Gasteiger partial charge in [-0.05, 0) is 44.0 Å². The quantitative estimate of drug-likeness (QED) is 0.705. The number of ether oxygens (including phenoxy) is 3. The number of rotatable bonds is 9. The lowest BCUT2D eigenvalue weighted by molar-refractivity contribution is 0.121. The summed E-state index contributed by atoms with van der Waals surface area (Å²) >= 11 is 0. The Morgan fingerprint density at radius 2 is 1.88 bits per heavy atom. The topological polar surface area (TPSA) is 77.1 Å². The number of piperidine rings is 1.